The zero-order valence-electron chi connectivity index (χ0n) is 13.1. The molecule has 3 nitrogen and oxygen atoms in total. The fourth-order valence-electron chi connectivity index (χ4n) is 2.38. The van der Waals surface area contributed by atoms with Crippen LogP contribution in [-0.2, 0) is 5.60 Å². The Kier molecular flexibility index (Phi) is 4.07. The van der Waals surface area contributed by atoms with Gasteiger partial charge in [-0.3, -0.25) is 0 Å². The number of alkyl halides is 3. The van der Waals surface area contributed by atoms with E-state index in [4.69, 9.17) is 11.5 Å². The van der Waals surface area contributed by atoms with E-state index in [2.05, 4.69) is 0 Å². The number of rotatable bonds is 2. The Labute approximate surface area is 132 Å². The second kappa shape index (κ2) is 5.45. The summed E-state index contributed by atoms with van der Waals surface area (Å²) < 4.78 is 39.5. The van der Waals surface area contributed by atoms with Gasteiger partial charge >= 0.3 is 6.18 Å². The Bertz CT molecular complexity index is 752. The van der Waals surface area contributed by atoms with Crippen molar-refractivity contribution >= 4 is 11.4 Å². The largest absolute Gasteiger partial charge is 0.421 e. The topological polar surface area (TPSA) is 72.3 Å². The highest BCUT2D eigenvalue weighted by Crippen LogP contribution is 2.43. The number of benzene rings is 2. The summed E-state index contributed by atoms with van der Waals surface area (Å²) in [6.07, 6.45) is -4.83. The molecule has 0 bridgehead atoms. The van der Waals surface area contributed by atoms with Crippen LogP contribution in [0.2, 0.25) is 0 Å². The van der Waals surface area contributed by atoms with E-state index in [-0.39, 0.29) is 11.3 Å². The lowest BCUT2D eigenvalue weighted by Crippen LogP contribution is -2.40. The average Bonchev–Trinajstić information content (AvgIpc) is 2.43. The molecule has 2 rings (SSSR count). The lowest BCUT2D eigenvalue weighted by Gasteiger charge is -2.29. The fourth-order valence-corrected chi connectivity index (χ4v) is 2.38. The summed E-state index contributed by atoms with van der Waals surface area (Å²) >= 11 is 0. The van der Waals surface area contributed by atoms with Crippen molar-refractivity contribution in [1.82, 2.24) is 0 Å². The van der Waals surface area contributed by atoms with Crippen LogP contribution in [0.15, 0.2) is 30.3 Å². The van der Waals surface area contributed by atoms with Crippen LogP contribution >= 0.6 is 0 Å². The second-order valence-corrected chi connectivity index (χ2v) is 5.90. The minimum atomic E-state index is -4.83. The molecule has 0 fully saturated rings. The first-order valence-electron chi connectivity index (χ1n) is 7.01. The monoisotopic (exact) mass is 324 g/mol. The van der Waals surface area contributed by atoms with Crippen LogP contribution in [0.25, 0.3) is 11.1 Å². The molecule has 1 unspecified atom stereocenters. The lowest BCUT2D eigenvalue weighted by molar-refractivity contribution is -0.258. The molecular weight excluding hydrogens is 305 g/mol. The summed E-state index contributed by atoms with van der Waals surface area (Å²) in [6.45, 7) is 4.13. The molecule has 0 heterocycles. The summed E-state index contributed by atoms with van der Waals surface area (Å²) in [5, 5.41) is 9.97. The van der Waals surface area contributed by atoms with Crippen LogP contribution in [-0.4, -0.2) is 11.3 Å². The van der Waals surface area contributed by atoms with E-state index in [1.54, 1.807) is 31.2 Å². The predicted octanol–water partition coefficient (Wildman–Crippen LogP) is 3.90. The number of hydrogen-bond donors (Lipinski definition) is 3. The van der Waals surface area contributed by atoms with Gasteiger partial charge in [0.1, 0.15) is 0 Å². The van der Waals surface area contributed by atoms with Crippen LogP contribution < -0.4 is 11.5 Å². The first-order valence-corrected chi connectivity index (χ1v) is 7.01. The standard InChI is InChI=1S/C17H19F3N2O/c1-9-6-11(4-5-14(9)21)12-7-10(2)15(22)13(8-12)16(3,23)17(18,19)20/h4-8,23H,21-22H2,1-3H3. The van der Waals surface area contributed by atoms with Gasteiger partial charge in [-0.25, -0.2) is 0 Å². The Balaban J connectivity index is 2.68. The van der Waals surface area contributed by atoms with E-state index in [0.29, 0.717) is 29.3 Å². The molecule has 6 heteroatoms. The fraction of sp³-hybridized carbons (Fsp3) is 0.294. The summed E-state index contributed by atoms with van der Waals surface area (Å²) in [7, 11) is 0. The Morgan fingerprint density at radius 1 is 0.913 bits per heavy atom. The van der Waals surface area contributed by atoms with Crippen LogP contribution in [0.5, 0.6) is 0 Å². The molecule has 0 spiro atoms. The van der Waals surface area contributed by atoms with E-state index in [9.17, 15) is 18.3 Å². The van der Waals surface area contributed by atoms with E-state index >= 15 is 0 Å². The van der Waals surface area contributed by atoms with E-state index in [0.717, 1.165) is 5.56 Å². The zero-order chi connectivity index (χ0) is 17.6. The number of halogens is 3. The molecule has 0 radical (unpaired) electrons. The number of nitrogens with two attached hydrogens (primary N) is 2. The summed E-state index contributed by atoms with van der Waals surface area (Å²) in [6, 6.07) is 8.17. The van der Waals surface area contributed by atoms with Crippen molar-refractivity contribution in [2.24, 2.45) is 0 Å². The van der Waals surface area contributed by atoms with Crippen LogP contribution in [0, 0.1) is 13.8 Å². The lowest BCUT2D eigenvalue weighted by atomic mass is 9.88. The maximum Gasteiger partial charge on any atom is 0.421 e. The molecule has 5 N–H and O–H groups in total. The van der Waals surface area contributed by atoms with Gasteiger partial charge in [-0.05, 0) is 67.3 Å². The van der Waals surface area contributed by atoms with Crippen molar-refractivity contribution in [2.75, 3.05) is 11.5 Å². The minimum absolute atomic E-state index is 0.0664. The smallest absolute Gasteiger partial charge is 0.399 e. The quantitative estimate of drug-likeness (QED) is 0.734. The van der Waals surface area contributed by atoms with Gasteiger partial charge in [-0.2, -0.15) is 13.2 Å². The Morgan fingerprint density at radius 2 is 1.48 bits per heavy atom. The van der Waals surface area contributed by atoms with Gasteiger partial charge in [0.25, 0.3) is 0 Å². The molecule has 1 atom stereocenters. The van der Waals surface area contributed by atoms with E-state index < -0.39 is 11.8 Å². The molecule has 0 saturated carbocycles. The number of anilines is 2. The van der Waals surface area contributed by atoms with Gasteiger partial charge in [0.05, 0.1) is 0 Å². The van der Waals surface area contributed by atoms with E-state index in [1.807, 2.05) is 6.92 Å². The van der Waals surface area contributed by atoms with Crippen LogP contribution in [0.4, 0.5) is 24.5 Å². The molecule has 0 aliphatic heterocycles. The van der Waals surface area contributed by atoms with Gasteiger partial charge in [-0.1, -0.05) is 6.07 Å². The highest BCUT2D eigenvalue weighted by molar-refractivity contribution is 5.73. The van der Waals surface area contributed by atoms with Crippen LogP contribution in [0.1, 0.15) is 23.6 Å². The number of aliphatic hydroxyl groups is 1. The zero-order valence-corrected chi connectivity index (χ0v) is 13.1. The molecule has 2 aromatic carbocycles. The Morgan fingerprint density at radius 3 is 2.00 bits per heavy atom. The van der Waals surface area contributed by atoms with Crippen molar-refractivity contribution in [3.05, 3.63) is 47.0 Å². The van der Waals surface area contributed by atoms with Gasteiger partial charge in [0, 0.05) is 16.9 Å². The number of nitrogen functional groups attached to an aromatic ring is 2. The highest BCUT2D eigenvalue weighted by atomic mass is 19.4. The molecule has 0 aliphatic rings. The predicted molar refractivity (Wildman–Crippen MR) is 85.8 cm³/mol. The molecule has 0 aliphatic carbocycles. The third kappa shape index (κ3) is 2.99. The normalized spacial score (nSPS) is 14.6. The second-order valence-electron chi connectivity index (χ2n) is 5.90. The SMILES string of the molecule is Cc1cc(-c2cc(C)c(N)c(C(C)(O)C(F)(F)F)c2)ccc1N. The first kappa shape index (κ1) is 17.1. The van der Waals surface area contributed by atoms with Gasteiger partial charge in [0.2, 0.25) is 0 Å². The van der Waals surface area contributed by atoms with Crippen molar-refractivity contribution in [3.8, 4) is 11.1 Å². The van der Waals surface area contributed by atoms with Crippen LogP contribution in [0.3, 0.4) is 0 Å². The van der Waals surface area contributed by atoms with E-state index in [1.165, 1.54) is 6.07 Å². The van der Waals surface area contributed by atoms with Crippen molar-refractivity contribution < 1.29 is 18.3 Å². The minimum Gasteiger partial charge on any atom is -0.399 e. The summed E-state index contributed by atoms with van der Waals surface area (Å²) in [5.41, 5.74) is 11.2. The van der Waals surface area contributed by atoms with Crippen molar-refractivity contribution in [2.45, 2.75) is 32.5 Å². The summed E-state index contributed by atoms with van der Waals surface area (Å²) in [5.74, 6) is 0. The third-order valence-electron chi connectivity index (χ3n) is 4.07. The summed E-state index contributed by atoms with van der Waals surface area (Å²) in [4.78, 5) is 0. The average molecular weight is 324 g/mol. The third-order valence-corrected chi connectivity index (χ3v) is 4.07. The number of hydrogen-bond acceptors (Lipinski definition) is 3. The molecule has 124 valence electrons. The van der Waals surface area contributed by atoms with Crippen molar-refractivity contribution in [3.63, 3.8) is 0 Å². The number of aryl methyl sites for hydroxylation is 2. The maximum atomic E-state index is 13.2. The van der Waals surface area contributed by atoms with Gasteiger partial charge < -0.3 is 16.6 Å². The molecule has 0 saturated heterocycles. The molecule has 23 heavy (non-hydrogen) atoms. The molecule has 2 aromatic rings. The van der Waals surface area contributed by atoms with Gasteiger partial charge in [-0.15, -0.1) is 0 Å². The first-order chi connectivity index (χ1) is 10.4. The molecular formula is C17H19F3N2O. The molecule has 0 amide bonds. The molecule has 0 aromatic heterocycles. The Hall–Kier alpha value is -2.21. The maximum absolute atomic E-state index is 13.2. The van der Waals surface area contributed by atoms with Gasteiger partial charge in [0.15, 0.2) is 5.60 Å². The van der Waals surface area contributed by atoms with Crippen molar-refractivity contribution in [1.29, 1.82) is 0 Å². The highest BCUT2D eigenvalue weighted by Gasteiger charge is 2.52.